The van der Waals surface area contributed by atoms with E-state index in [-0.39, 0.29) is 0 Å². The Bertz CT molecular complexity index is 392. The van der Waals surface area contributed by atoms with Crippen LogP contribution in [0.15, 0.2) is 4.52 Å². The van der Waals surface area contributed by atoms with Crippen LogP contribution in [0.1, 0.15) is 32.5 Å². The Morgan fingerprint density at radius 1 is 1.21 bits per heavy atom. The molecule has 0 saturated carbocycles. The lowest BCUT2D eigenvalue weighted by atomic mass is 10.1. The quantitative estimate of drug-likeness (QED) is 0.840. The molecule has 0 aliphatic carbocycles. The van der Waals surface area contributed by atoms with Crippen LogP contribution in [0, 0.1) is 0 Å². The number of aliphatic hydroxyl groups is 1. The van der Waals surface area contributed by atoms with E-state index in [1.54, 1.807) is 0 Å². The van der Waals surface area contributed by atoms with Gasteiger partial charge in [-0.1, -0.05) is 12.1 Å². The average Bonchev–Trinajstić information content (AvgIpc) is 2.77. The molecule has 108 valence electrons. The molecule has 0 atom stereocenters. The summed E-state index contributed by atoms with van der Waals surface area (Å²) in [5.74, 6) is 1.48. The van der Waals surface area contributed by atoms with Crippen molar-refractivity contribution >= 4 is 0 Å². The number of aromatic nitrogens is 2. The Morgan fingerprint density at radius 2 is 1.84 bits per heavy atom. The van der Waals surface area contributed by atoms with Gasteiger partial charge in [0.15, 0.2) is 5.82 Å². The number of aryl methyl sites for hydroxylation is 1. The summed E-state index contributed by atoms with van der Waals surface area (Å²) in [5.41, 5.74) is -0.620. The molecule has 1 saturated heterocycles. The van der Waals surface area contributed by atoms with Crippen molar-refractivity contribution in [2.24, 2.45) is 0 Å². The maximum absolute atomic E-state index is 9.81. The van der Waals surface area contributed by atoms with E-state index in [0.717, 1.165) is 51.5 Å². The minimum atomic E-state index is -0.620. The van der Waals surface area contributed by atoms with Crippen molar-refractivity contribution in [1.82, 2.24) is 19.9 Å². The number of β-amino-alcohol motifs (C(OH)–C–C–N with tert-alkyl or cyclic N) is 1. The number of piperazine rings is 1. The smallest absolute Gasteiger partial charge is 0.240 e. The van der Waals surface area contributed by atoms with E-state index in [9.17, 15) is 5.11 Å². The topological polar surface area (TPSA) is 65.6 Å². The van der Waals surface area contributed by atoms with Crippen LogP contribution in [0.3, 0.4) is 0 Å². The maximum atomic E-state index is 9.81. The number of rotatable bonds is 5. The third-order valence-corrected chi connectivity index (χ3v) is 3.26. The molecule has 19 heavy (non-hydrogen) atoms. The standard InChI is InChI=1S/C13H24N4O2/c1-4-11-14-12(19-15-11)9-16-5-7-17(8-6-16)10-13(2,3)18/h18H,4-10H2,1-3H3. The zero-order valence-corrected chi connectivity index (χ0v) is 12.1. The Morgan fingerprint density at radius 3 is 2.37 bits per heavy atom. The largest absolute Gasteiger partial charge is 0.389 e. The molecule has 1 aliphatic rings. The highest BCUT2D eigenvalue weighted by molar-refractivity contribution is 4.87. The fourth-order valence-electron chi connectivity index (χ4n) is 2.34. The molecule has 1 N–H and O–H groups in total. The first-order valence-corrected chi connectivity index (χ1v) is 6.95. The van der Waals surface area contributed by atoms with Gasteiger partial charge in [-0.25, -0.2) is 0 Å². The zero-order chi connectivity index (χ0) is 13.9. The molecular weight excluding hydrogens is 244 g/mol. The van der Waals surface area contributed by atoms with Gasteiger partial charge in [0.2, 0.25) is 5.89 Å². The predicted octanol–water partition coefficient (Wildman–Crippen LogP) is 0.520. The van der Waals surface area contributed by atoms with Crippen LogP contribution in [0.4, 0.5) is 0 Å². The molecule has 0 unspecified atom stereocenters. The van der Waals surface area contributed by atoms with Crippen LogP contribution in [0.2, 0.25) is 0 Å². The van der Waals surface area contributed by atoms with Gasteiger partial charge in [0.05, 0.1) is 12.1 Å². The van der Waals surface area contributed by atoms with E-state index in [2.05, 4.69) is 19.9 Å². The molecule has 2 rings (SSSR count). The summed E-state index contributed by atoms with van der Waals surface area (Å²) < 4.78 is 5.21. The molecule has 0 radical (unpaired) electrons. The summed E-state index contributed by atoms with van der Waals surface area (Å²) in [6, 6.07) is 0. The van der Waals surface area contributed by atoms with Crippen LogP contribution in [0.5, 0.6) is 0 Å². The molecule has 0 amide bonds. The number of hydrogen-bond donors (Lipinski definition) is 1. The molecule has 2 heterocycles. The summed E-state index contributed by atoms with van der Waals surface area (Å²) in [7, 11) is 0. The lowest BCUT2D eigenvalue weighted by Crippen LogP contribution is -2.50. The van der Waals surface area contributed by atoms with Crippen LogP contribution in [-0.2, 0) is 13.0 Å². The monoisotopic (exact) mass is 268 g/mol. The van der Waals surface area contributed by atoms with E-state index in [1.807, 2.05) is 20.8 Å². The van der Waals surface area contributed by atoms with E-state index >= 15 is 0 Å². The van der Waals surface area contributed by atoms with Crippen molar-refractivity contribution < 1.29 is 9.63 Å². The van der Waals surface area contributed by atoms with Gasteiger partial charge in [0.25, 0.3) is 0 Å². The summed E-state index contributed by atoms with van der Waals surface area (Å²) >= 11 is 0. The Balaban J connectivity index is 1.77. The lowest BCUT2D eigenvalue weighted by Gasteiger charge is -2.36. The molecule has 0 aromatic carbocycles. The molecule has 6 heteroatoms. The summed E-state index contributed by atoms with van der Waals surface area (Å²) in [5, 5.41) is 13.7. The van der Waals surface area contributed by atoms with Crippen molar-refractivity contribution in [1.29, 1.82) is 0 Å². The van der Waals surface area contributed by atoms with Crippen molar-refractivity contribution in [3.8, 4) is 0 Å². The van der Waals surface area contributed by atoms with Crippen molar-refractivity contribution in [2.75, 3.05) is 32.7 Å². The molecule has 1 aromatic heterocycles. The molecule has 1 fully saturated rings. The van der Waals surface area contributed by atoms with Crippen molar-refractivity contribution in [3.63, 3.8) is 0 Å². The highest BCUT2D eigenvalue weighted by Crippen LogP contribution is 2.11. The molecule has 0 bridgehead atoms. The molecule has 1 aromatic rings. The first-order chi connectivity index (χ1) is 8.96. The second-order valence-corrected chi connectivity index (χ2v) is 5.82. The van der Waals surface area contributed by atoms with Crippen LogP contribution in [0.25, 0.3) is 0 Å². The Hall–Kier alpha value is -0.980. The van der Waals surface area contributed by atoms with Gasteiger partial charge in [0, 0.05) is 39.1 Å². The summed E-state index contributed by atoms with van der Waals surface area (Å²) in [4.78, 5) is 8.93. The second-order valence-electron chi connectivity index (χ2n) is 5.82. The Kier molecular flexibility index (Phi) is 4.54. The SMILES string of the molecule is CCc1noc(CN2CCN(CC(C)(C)O)CC2)n1. The average molecular weight is 268 g/mol. The summed E-state index contributed by atoms with van der Waals surface area (Å²) in [6.07, 6.45) is 0.808. The molecule has 0 spiro atoms. The van der Waals surface area contributed by atoms with Gasteiger partial charge >= 0.3 is 0 Å². The first-order valence-electron chi connectivity index (χ1n) is 6.95. The highest BCUT2D eigenvalue weighted by atomic mass is 16.5. The van der Waals surface area contributed by atoms with E-state index < -0.39 is 5.60 Å². The minimum absolute atomic E-state index is 0.620. The predicted molar refractivity (Wildman–Crippen MR) is 71.7 cm³/mol. The van der Waals surface area contributed by atoms with Gasteiger partial charge in [0.1, 0.15) is 0 Å². The summed E-state index contributed by atoms with van der Waals surface area (Å²) in [6.45, 7) is 11.1. The van der Waals surface area contributed by atoms with Crippen molar-refractivity contribution in [3.05, 3.63) is 11.7 Å². The van der Waals surface area contributed by atoms with Gasteiger partial charge in [-0.3, -0.25) is 9.80 Å². The van der Waals surface area contributed by atoms with Gasteiger partial charge in [-0.15, -0.1) is 0 Å². The van der Waals surface area contributed by atoms with Gasteiger partial charge in [-0.05, 0) is 13.8 Å². The fourth-order valence-corrected chi connectivity index (χ4v) is 2.34. The van der Waals surface area contributed by atoms with Crippen LogP contribution >= 0.6 is 0 Å². The second kappa shape index (κ2) is 5.98. The number of hydrogen-bond acceptors (Lipinski definition) is 6. The maximum Gasteiger partial charge on any atom is 0.240 e. The van der Waals surface area contributed by atoms with Gasteiger partial charge in [-0.2, -0.15) is 4.98 Å². The normalized spacial score (nSPS) is 18.9. The minimum Gasteiger partial charge on any atom is -0.389 e. The number of nitrogens with zero attached hydrogens (tertiary/aromatic N) is 4. The van der Waals surface area contributed by atoms with Gasteiger partial charge < -0.3 is 9.63 Å². The molecule has 1 aliphatic heterocycles. The highest BCUT2D eigenvalue weighted by Gasteiger charge is 2.23. The third kappa shape index (κ3) is 4.56. The molecule has 6 nitrogen and oxygen atoms in total. The van der Waals surface area contributed by atoms with Crippen LogP contribution in [-0.4, -0.2) is 63.4 Å². The Labute approximate surface area is 114 Å². The van der Waals surface area contributed by atoms with Crippen LogP contribution < -0.4 is 0 Å². The molecular formula is C13H24N4O2. The zero-order valence-electron chi connectivity index (χ0n) is 12.1. The first kappa shape index (κ1) is 14.4. The van der Waals surface area contributed by atoms with Crippen molar-refractivity contribution in [2.45, 2.75) is 39.3 Å². The van der Waals surface area contributed by atoms with E-state index in [4.69, 9.17) is 4.52 Å². The van der Waals surface area contributed by atoms with E-state index in [1.165, 1.54) is 0 Å². The van der Waals surface area contributed by atoms with E-state index in [0.29, 0.717) is 5.89 Å². The lowest BCUT2D eigenvalue weighted by molar-refractivity contribution is 0.0153. The fraction of sp³-hybridized carbons (Fsp3) is 0.846. The third-order valence-electron chi connectivity index (χ3n) is 3.26.